The monoisotopic (exact) mass is 719 g/mol. The lowest BCUT2D eigenvalue weighted by molar-refractivity contribution is 1.74. The third kappa shape index (κ3) is 4.57. The third-order valence-corrected chi connectivity index (χ3v) is 13.1. The topological polar surface area (TPSA) is 0 Å². The van der Waals surface area contributed by atoms with Gasteiger partial charge in [-0.15, -0.1) is 0 Å². The molecule has 0 aliphatic heterocycles. The molecule has 0 aliphatic rings. The van der Waals surface area contributed by atoms with Gasteiger partial charge in [-0.05, 0) is 64.6 Å². The molecule has 12 rings (SSSR count). The van der Waals surface area contributed by atoms with Crippen molar-refractivity contribution in [3.8, 4) is 0 Å². The van der Waals surface area contributed by atoms with Crippen LogP contribution in [-0.2, 0) is 0 Å². The predicted octanol–water partition coefficient (Wildman–Crippen LogP) is 12.3. The Labute approximate surface area is 331 Å². The van der Waals surface area contributed by atoms with Gasteiger partial charge in [-0.25, -0.2) is 0 Å². The quantitative estimate of drug-likeness (QED) is 0.125. The van der Waals surface area contributed by atoms with E-state index < -0.39 is 6.15 Å². The number of benzene rings is 12. The Hall–Kier alpha value is -7.22. The van der Waals surface area contributed by atoms with Gasteiger partial charge in [-0.1, -0.05) is 240 Å². The predicted molar refractivity (Wildman–Crippen MR) is 250 cm³/mol. The molecule has 57 heavy (non-hydrogen) atoms. The van der Waals surface area contributed by atoms with E-state index in [0.29, 0.717) is 0 Å². The summed E-state index contributed by atoms with van der Waals surface area (Å²) in [5.41, 5.74) is 5.35. The van der Waals surface area contributed by atoms with Crippen molar-refractivity contribution in [3.05, 3.63) is 218 Å². The molecule has 0 spiro atoms. The summed E-state index contributed by atoms with van der Waals surface area (Å²) in [5.74, 6) is 0. The van der Waals surface area contributed by atoms with Crippen LogP contribution in [0.3, 0.4) is 0 Å². The van der Waals surface area contributed by atoms with Crippen molar-refractivity contribution in [2.75, 3.05) is 0 Å². The van der Waals surface area contributed by atoms with Crippen LogP contribution in [0.2, 0.25) is 0 Å². The Kier molecular flexibility index (Phi) is 6.98. The molecule has 264 valence electrons. The number of hydrogen-bond acceptors (Lipinski definition) is 0. The second-order valence-corrected chi connectivity index (χ2v) is 15.8. The van der Waals surface area contributed by atoms with Crippen molar-refractivity contribution in [1.82, 2.24) is 0 Å². The normalized spacial score (nSPS) is 12.2. The zero-order valence-electron chi connectivity index (χ0n) is 31.4. The van der Waals surface area contributed by atoms with Crippen LogP contribution in [0.4, 0.5) is 0 Å². The molecular formula is C56H36B-. The average Bonchev–Trinajstić information content (AvgIpc) is 3.29. The second-order valence-electron chi connectivity index (χ2n) is 15.8. The molecule has 0 bridgehead atoms. The van der Waals surface area contributed by atoms with Crippen LogP contribution in [0.25, 0.3) is 86.2 Å². The van der Waals surface area contributed by atoms with Gasteiger partial charge in [-0.3, -0.25) is 0 Å². The first-order valence-electron chi connectivity index (χ1n) is 20.1. The van der Waals surface area contributed by atoms with Crippen molar-refractivity contribution in [2.24, 2.45) is 0 Å². The minimum Gasteiger partial charge on any atom is -0.187 e. The molecule has 12 aromatic carbocycles. The van der Waals surface area contributed by atoms with E-state index in [-0.39, 0.29) is 0 Å². The summed E-state index contributed by atoms with van der Waals surface area (Å²) in [4.78, 5) is 0. The molecule has 0 saturated heterocycles. The molecule has 12 aromatic rings. The van der Waals surface area contributed by atoms with Gasteiger partial charge in [0, 0.05) is 0 Å². The summed E-state index contributed by atoms with van der Waals surface area (Å²) >= 11 is 0. The molecule has 0 radical (unpaired) electrons. The standard InChI is InChI=1S/C56H36B/c1-5-21-41-37(17-1)33-53(49-29-13-9-25-45(41)49)57(54-34-38-18-2-6-22-42(38)46-26-10-14-30-50(46)54,55-35-39-19-3-7-23-43(39)47-27-11-15-31-51(47)55)56-36-40-20-4-8-24-44(40)48-28-12-16-32-52(48)56/h1-36H/q-1. The summed E-state index contributed by atoms with van der Waals surface area (Å²) in [6.45, 7) is 0. The highest BCUT2D eigenvalue weighted by Crippen LogP contribution is 2.35. The van der Waals surface area contributed by atoms with E-state index in [1.165, 1.54) is 108 Å². The first kappa shape index (κ1) is 32.1. The van der Waals surface area contributed by atoms with Gasteiger partial charge in [0.05, 0.1) is 0 Å². The maximum Gasteiger partial charge on any atom is 0.111 e. The molecule has 0 N–H and O–H groups in total. The maximum atomic E-state index is 2.55. The Balaban J connectivity index is 1.45. The number of rotatable bonds is 4. The summed E-state index contributed by atoms with van der Waals surface area (Å²) in [6, 6.07) is 82.7. The van der Waals surface area contributed by atoms with E-state index in [0.717, 1.165) is 0 Å². The highest BCUT2D eigenvalue weighted by Gasteiger charge is 2.38. The second kappa shape index (κ2) is 12.4. The van der Waals surface area contributed by atoms with Crippen LogP contribution in [0, 0.1) is 0 Å². The Morgan fingerprint density at radius 1 is 0.175 bits per heavy atom. The van der Waals surface area contributed by atoms with E-state index >= 15 is 0 Å². The van der Waals surface area contributed by atoms with E-state index in [1.807, 2.05) is 0 Å². The van der Waals surface area contributed by atoms with Gasteiger partial charge in [-0.2, -0.15) is 21.9 Å². The summed E-state index contributed by atoms with van der Waals surface area (Å²) in [5, 5.41) is 20.3. The SMILES string of the molecule is c1ccc2c(c1)cc([B-](c1cc3ccccc3c3ccccc13)(c1cc3ccccc3c3ccccc13)c1cc3ccccc3c3ccccc13)c1ccccc12. The van der Waals surface area contributed by atoms with Crippen molar-refractivity contribution in [3.63, 3.8) is 0 Å². The van der Waals surface area contributed by atoms with Crippen molar-refractivity contribution < 1.29 is 0 Å². The van der Waals surface area contributed by atoms with Crippen LogP contribution in [0.1, 0.15) is 0 Å². The smallest absolute Gasteiger partial charge is 0.111 e. The summed E-state index contributed by atoms with van der Waals surface area (Å²) in [6.07, 6.45) is -1.99. The zero-order chi connectivity index (χ0) is 37.5. The third-order valence-electron chi connectivity index (χ3n) is 13.1. The first-order chi connectivity index (χ1) is 28.3. The summed E-state index contributed by atoms with van der Waals surface area (Å²) in [7, 11) is 0. The maximum absolute atomic E-state index is 2.55. The lowest BCUT2D eigenvalue weighted by Gasteiger charge is -2.48. The fourth-order valence-corrected chi connectivity index (χ4v) is 10.8. The molecule has 0 aliphatic carbocycles. The molecule has 0 unspecified atom stereocenters. The van der Waals surface area contributed by atoms with Crippen molar-refractivity contribution >= 4 is 114 Å². The molecular weight excluding hydrogens is 683 g/mol. The van der Waals surface area contributed by atoms with Gasteiger partial charge < -0.3 is 0 Å². The van der Waals surface area contributed by atoms with Crippen LogP contribution in [0.5, 0.6) is 0 Å². The van der Waals surface area contributed by atoms with E-state index in [9.17, 15) is 0 Å². The molecule has 1 heteroatoms. The average molecular weight is 720 g/mol. The molecule has 0 heterocycles. The van der Waals surface area contributed by atoms with Crippen LogP contribution in [-0.4, -0.2) is 6.15 Å². The molecule has 0 saturated carbocycles. The Morgan fingerprint density at radius 2 is 0.351 bits per heavy atom. The molecule has 0 nitrogen and oxygen atoms in total. The van der Waals surface area contributed by atoms with Crippen molar-refractivity contribution in [2.45, 2.75) is 0 Å². The van der Waals surface area contributed by atoms with Crippen LogP contribution in [0.15, 0.2) is 218 Å². The Bertz CT molecular complexity index is 3110. The molecule has 0 fully saturated rings. The van der Waals surface area contributed by atoms with Gasteiger partial charge in [0.1, 0.15) is 6.15 Å². The van der Waals surface area contributed by atoms with Crippen LogP contribution >= 0.6 is 0 Å². The highest BCUT2D eigenvalue weighted by atomic mass is 14.2. The summed E-state index contributed by atoms with van der Waals surface area (Å²) < 4.78 is 0. The van der Waals surface area contributed by atoms with Gasteiger partial charge in [0.2, 0.25) is 0 Å². The fraction of sp³-hybridized carbons (Fsp3) is 0. The van der Waals surface area contributed by atoms with Crippen LogP contribution < -0.4 is 21.9 Å². The van der Waals surface area contributed by atoms with Gasteiger partial charge in [0.25, 0.3) is 0 Å². The zero-order valence-corrected chi connectivity index (χ0v) is 31.4. The number of hydrogen-bond donors (Lipinski definition) is 0. The fourth-order valence-electron chi connectivity index (χ4n) is 10.8. The van der Waals surface area contributed by atoms with E-state index in [1.54, 1.807) is 0 Å². The lowest BCUT2D eigenvalue weighted by Crippen LogP contribution is -2.75. The van der Waals surface area contributed by atoms with Gasteiger partial charge in [0.15, 0.2) is 0 Å². The molecule has 0 amide bonds. The molecule has 0 atom stereocenters. The van der Waals surface area contributed by atoms with Gasteiger partial charge >= 0.3 is 0 Å². The first-order valence-corrected chi connectivity index (χ1v) is 20.1. The van der Waals surface area contributed by atoms with E-state index in [2.05, 4.69) is 218 Å². The Morgan fingerprint density at radius 3 is 0.579 bits per heavy atom. The lowest BCUT2D eigenvalue weighted by atomic mass is 9.11. The minimum atomic E-state index is -1.99. The van der Waals surface area contributed by atoms with Crippen molar-refractivity contribution in [1.29, 1.82) is 0 Å². The molecule has 0 aromatic heterocycles. The minimum absolute atomic E-state index is 1.25. The largest absolute Gasteiger partial charge is 0.187 e. The number of fused-ring (bicyclic) bond motifs is 12. The van der Waals surface area contributed by atoms with E-state index in [4.69, 9.17) is 0 Å². The highest BCUT2D eigenvalue weighted by molar-refractivity contribution is 7.23.